The van der Waals surface area contributed by atoms with Gasteiger partial charge in [0.2, 0.25) is 0 Å². The van der Waals surface area contributed by atoms with Crippen molar-refractivity contribution in [3.05, 3.63) is 35.4 Å². The Kier molecular flexibility index (Phi) is 4.93. The zero-order valence-corrected chi connectivity index (χ0v) is 11.1. The monoisotopic (exact) mass is 262 g/mol. The van der Waals surface area contributed by atoms with Crippen molar-refractivity contribution in [3.63, 3.8) is 0 Å². The van der Waals surface area contributed by atoms with Crippen LogP contribution in [0.5, 0.6) is 0 Å². The number of aliphatic hydroxyl groups excluding tert-OH is 1. The Morgan fingerprint density at radius 2 is 2.16 bits per heavy atom. The minimum absolute atomic E-state index is 0.107. The third-order valence-corrected chi connectivity index (χ3v) is 3.67. The molecular weight excluding hydrogens is 240 g/mol. The summed E-state index contributed by atoms with van der Waals surface area (Å²) in [7, 11) is 0. The van der Waals surface area contributed by atoms with Crippen LogP contribution < -0.4 is 11.1 Å². The molecule has 0 spiro atoms. The summed E-state index contributed by atoms with van der Waals surface area (Å²) in [6, 6.07) is 7.40. The van der Waals surface area contributed by atoms with E-state index in [1.54, 1.807) is 6.07 Å². The molecule has 1 aromatic carbocycles. The Morgan fingerprint density at radius 1 is 1.37 bits per heavy atom. The van der Waals surface area contributed by atoms with E-state index in [0.717, 1.165) is 37.7 Å². The van der Waals surface area contributed by atoms with Gasteiger partial charge in [-0.3, -0.25) is 4.79 Å². The molecule has 0 radical (unpaired) electrons. The van der Waals surface area contributed by atoms with Crippen LogP contribution in [0.15, 0.2) is 24.3 Å². The molecule has 1 saturated carbocycles. The van der Waals surface area contributed by atoms with Gasteiger partial charge in [0.1, 0.15) is 0 Å². The summed E-state index contributed by atoms with van der Waals surface area (Å²) in [6.45, 7) is 0.576. The first-order chi connectivity index (χ1) is 9.20. The molecule has 4 N–H and O–H groups in total. The van der Waals surface area contributed by atoms with Crippen LogP contribution >= 0.6 is 0 Å². The van der Waals surface area contributed by atoms with E-state index in [2.05, 4.69) is 5.32 Å². The summed E-state index contributed by atoms with van der Waals surface area (Å²) in [5.74, 6) is -0.107. The van der Waals surface area contributed by atoms with Crippen molar-refractivity contribution in [1.29, 1.82) is 0 Å². The first kappa shape index (κ1) is 14.0. The molecule has 2 rings (SSSR count). The maximum absolute atomic E-state index is 12.2. The third-order valence-electron chi connectivity index (χ3n) is 3.67. The Hall–Kier alpha value is -1.39. The molecule has 1 aromatic rings. The molecule has 0 unspecified atom stereocenters. The molecule has 0 aliphatic heterocycles. The molecule has 0 aromatic heterocycles. The van der Waals surface area contributed by atoms with Gasteiger partial charge in [-0.15, -0.1) is 0 Å². The summed E-state index contributed by atoms with van der Waals surface area (Å²) in [5.41, 5.74) is 7.23. The summed E-state index contributed by atoms with van der Waals surface area (Å²) in [6.07, 6.45) is 4.10. The van der Waals surface area contributed by atoms with Gasteiger partial charge in [-0.05, 0) is 43.5 Å². The van der Waals surface area contributed by atoms with Gasteiger partial charge in [-0.25, -0.2) is 0 Å². The summed E-state index contributed by atoms with van der Waals surface area (Å²) in [4.78, 5) is 12.2. The highest BCUT2D eigenvalue weighted by Crippen LogP contribution is 2.19. The van der Waals surface area contributed by atoms with E-state index in [1.165, 1.54) is 0 Å². The molecule has 1 fully saturated rings. The van der Waals surface area contributed by atoms with E-state index in [9.17, 15) is 9.90 Å². The third kappa shape index (κ3) is 3.78. The second kappa shape index (κ2) is 6.68. The van der Waals surface area contributed by atoms with Crippen molar-refractivity contribution in [2.75, 3.05) is 6.54 Å². The number of aliphatic hydroxyl groups is 1. The topological polar surface area (TPSA) is 75.4 Å². The highest BCUT2D eigenvalue weighted by molar-refractivity contribution is 5.94. The first-order valence-corrected chi connectivity index (χ1v) is 6.98. The lowest BCUT2D eigenvalue weighted by atomic mass is 9.92. The van der Waals surface area contributed by atoms with Crippen LogP contribution in [-0.4, -0.2) is 29.7 Å². The predicted octanol–water partition coefficient (Wildman–Crippen LogP) is 1.22. The fraction of sp³-hybridized carbons (Fsp3) is 0.533. The van der Waals surface area contributed by atoms with Gasteiger partial charge < -0.3 is 16.2 Å². The van der Waals surface area contributed by atoms with E-state index < -0.39 is 6.10 Å². The molecule has 0 saturated heterocycles. The maximum Gasteiger partial charge on any atom is 0.251 e. The lowest BCUT2D eigenvalue weighted by molar-refractivity contribution is 0.0717. The quantitative estimate of drug-likeness (QED) is 0.763. The highest BCUT2D eigenvalue weighted by atomic mass is 16.3. The van der Waals surface area contributed by atoms with Crippen LogP contribution in [0, 0.1) is 0 Å². The van der Waals surface area contributed by atoms with Crippen LogP contribution in [-0.2, 0) is 6.42 Å². The Balaban J connectivity index is 2.00. The molecule has 1 amide bonds. The number of hydrogen-bond acceptors (Lipinski definition) is 3. The number of benzene rings is 1. The average Bonchev–Trinajstić information content (AvgIpc) is 2.42. The Labute approximate surface area is 114 Å². The Morgan fingerprint density at radius 3 is 2.89 bits per heavy atom. The molecule has 1 aliphatic carbocycles. The molecule has 0 heterocycles. The summed E-state index contributed by atoms with van der Waals surface area (Å²) in [5, 5.41) is 12.8. The first-order valence-electron chi connectivity index (χ1n) is 6.98. The fourth-order valence-electron chi connectivity index (χ4n) is 2.57. The molecule has 19 heavy (non-hydrogen) atoms. The molecular formula is C15H22N2O2. The minimum atomic E-state index is -0.412. The number of nitrogens with two attached hydrogens (primary N) is 1. The van der Waals surface area contributed by atoms with Crippen molar-refractivity contribution in [2.45, 2.75) is 44.2 Å². The molecule has 4 heteroatoms. The smallest absolute Gasteiger partial charge is 0.251 e. The molecule has 0 bridgehead atoms. The van der Waals surface area contributed by atoms with Gasteiger partial charge >= 0.3 is 0 Å². The lowest BCUT2D eigenvalue weighted by Crippen LogP contribution is -2.45. The van der Waals surface area contributed by atoms with Gasteiger partial charge in [0.05, 0.1) is 12.1 Å². The summed E-state index contributed by atoms with van der Waals surface area (Å²) >= 11 is 0. The van der Waals surface area contributed by atoms with E-state index in [0.29, 0.717) is 12.1 Å². The van der Waals surface area contributed by atoms with Crippen LogP contribution in [0.4, 0.5) is 0 Å². The standard InChI is InChI=1S/C15H22N2O2/c16-9-8-11-4-3-5-12(10-11)15(19)17-13-6-1-2-7-14(13)18/h3-5,10,13-14,18H,1-2,6-9,16H2,(H,17,19)/t13-,14-/m0/s1. The van der Waals surface area contributed by atoms with Gasteiger partial charge in [-0.1, -0.05) is 25.0 Å². The van der Waals surface area contributed by atoms with Crippen molar-refractivity contribution in [2.24, 2.45) is 5.73 Å². The molecule has 2 atom stereocenters. The second-order valence-electron chi connectivity index (χ2n) is 5.17. The van der Waals surface area contributed by atoms with E-state index in [-0.39, 0.29) is 11.9 Å². The zero-order valence-electron chi connectivity index (χ0n) is 11.1. The number of nitrogens with one attached hydrogen (secondary N) is 1. The maximum atomic E-state index is 12.2. The fourth-order valence-corrected chi connectivity index (χ4v) is 2.57. The van der Waals surface area contributed by atoms with E-state index >= 15 is 0 Å². The molecule has 4 nitrogen and oxygen atoms in total. The Bertz CT molecular complexity index is 434. The summed E-state index contributed by atoms with van der Waals surface area (Å²) < 4.78 is 0. The largest absolute Gasteiger partial charge is 0.391 e. The number of carbonyl (C=O) groups excluding carboxylic acids is 1. The number of hydrogen-bond donors (Lipinski definition) is 3. The van der Waals surface area contributed by atoms with Crippen LogP contribution in [0.25, 0.3) is 0 Å². The molecule has 1 aliphatic rings. The van der Waals surface area contributed by atoms with Gasteiger partial charge in [0.15, 0.2) is 0 Å². The average molecular weight is 262 g/mol. The zero-order chi connectivity index (χ0) is 13.7. The van der Waals surface area contributed by atoms with Gasteiger partial charge in [-0.2, -0.15) is 0 Å². The van der Waals surface area contributed by atoms with Crippen molar-refractivity contribution < 1.29 is 9.90 Å². The predicted molar refractivity (Wildman–Crippen MR) is 74.9 cm³/mol. The van der Waals surface area contributed by atoms with E-state index in [1.807, 2.05) is 18.2 Å². The number of rotatable bonds is 4. The van der Waals surface area contributed by atoms with E-state index in [4.69, 9.17) is 5.73 Å². The van der Waals surface area contributed by atoms with Crippen LogP contribution in [0.3, 0.4) is 0 Å². The van der Waals surface area contributed by atoms with Crippen LogP contribution in [0.2, 0.25) is 0 Å². The van der Waals surface area contributed by atoms with Crippen molar-refractivity contribution >= 4 is 5.91 Å². The minimum Gasteiger partial charge on any atom is -0.391 e. The SMILES string of the molecule is NCCc1cccc(C(=O)N[C@H]2CCCC[C@@H]2O)c1. The number of carbonyl (C=O) groups is 1. The van der Waals surface area contributed by atoms with Gasteiger partial charge in [0, 0.05) is 5.56 Å². The molecule has 104 valence electrons. The van der Waals surface area contributed by atoms with Gasteiger partial charge in [0.25, 0.3) is 5.91 Å². The highest BCUT2D eigenvalue weighted by Gasteiger charge is 2.24. The second-order valence-corrected chi connectivity index (χ2v) is 5.17. The normalized spacial score (nSPS) is 23.1. The van der Waals surface area contributed by atoms with Crippen LogP contribution in [0.1, 0.15) is 41.6 Å². The lowest BCUT2D eigenvalue weighted by Gasteiger charge is -2.28. The van der Waals surface area contributed by atoms with Crippen molar-refractivity contribution in [1.82, 2.24) is 5.32 Å². The number of amides is 1. The van der Waals surface area contributed by atoms with Crippen molar-refractivity contribution in [3.8, 4) is 0 Å².